The van der Waals surface area contributed by atoms with E-state index in [4.69, 9.17) is 9.47 Å². The van der Waals surface area contributed by atoms with E-state index in [1.165, 1.54) is 19.4 Å². The van der Waals surface area contributed by atoms with Gasteiger partial charge in [-0.15, -0.1) is 0 Å². The molecule has 31 heavy (non-hydrogen) atoms. The fourth-order valence-electron chi connectivity index (χ4n) is 3.54. The van der Waals surface area contributed by atoms with Crippen LogP contribution in [0.4, 0.5) is 23.5 Å². The van der Waals surface area contributed by atoms with Crippen LogP contribution in [0, 0.1) is 10.1 Å². The molecule has 1 N–H and O–H groups in total. The van der Waals surface area contributed by atoms with Gasteiger partial charge in [-0.2, -0.15) is 20.1 Å². The number of benzene rings is 1. The second-order valence-electron chi connectivity index (χ2n) is 7.08. The SMILES string of the molecule is COc1c(C=NNc2nc(N3CCCC3)nc(N3CCOCC3)n2)cccc1[N+](=O)[O-]. The number of ether oxygens (including phenoxy) is 2. The summed E-state index contributed by atoms with van der Waals surface area (Å²) in [6, 6.07) is 4.64. The van der Waals surface area contributed by atoms with Crippen molar-refractivity contribution in [2.45, 2.75) is 12.8 Å². The quantitative estimate of drug-likeness (QED) is 0.395. The van der Waals surface area contributed by atoms with E-state index in [-0.39, 0.29) is 11.4 Å². The van der Waals surface area contributed by atoms with E-state index in [2.05, 4.69) is 35.3 Å². The zero-order valence-corrected chi connectivity index (χ0v) is 17.2. The Morgan fingerprint density at radius 2 is 1.81 bits per heavy atom. The monoisotopic (exact) mass is 428 g/mol. The summed E-state index contributed by atoms with van der Waals surface area (Å²) in [7, 11) is 1.38. The third kappa shape index (κ3) is 4.79. The summed E-state index contributed by atoms with van der Waals surface area (Å²) in [5.74, 6) is 1.63. The van der Waals surface area contributed by atoms with Crippen molar-refractivity contribution in [2.24, 2.45) is 5.10 Å². The molecule has 0 saturated carbocycles. The first-order valence-electron chi connectivity index (χ1n) is 10.1. The highest BCUT2D eigenvalue weighted by atomic mass is 16.6. The summed E-state index contributed by atoms with van der Waals surface area (Å²) >= 11 is 0. The number of methoxy groups -OCH3 is 1. The van der Waals surface area contributed by atoms with Crippen molar-refractivity contribution in [3.8, 4) is 5.75 Å². The van der Waals surface area contributed by atoms with Gasteiger partial charge in [0.05, 0.1) is 31.5 Å². The Morgan fingerprint density at radius 3 is 2.45 bits per heavy atom. The Kier molecular flexibility index (Phi) is 6.36. The Balaban J connectivity index is 1.58. The number of anilines is 3. The number of nitro groups is 1. The summed E-state index contributed by atoms with van der Waals surface area (Å²) in [5.41, 5.74) is 3.17. The smallest absolute Gasteiger partial charge is 0.311 e. The zero-order valence-electron chi connectivity index (χ0n) is 17.2. The normalized spacial score (nSPS) is 16.7. The molecule has 0 amide bonds. The van der Waals surface area contributed by atoms with E-state index in [1.807, 2.05) is 0 Å². The number of morpholine rings is 1. The first kappa shape index (κ1) is 20.7. The van der Waals surface area contributed by atoms with Gasteiger partial charge in [0.2, 0.25) is 23.6 Å². The molecule has 2 saturated heterocycles. The molecule has 0 aliphatic carbocycles. The van der Waals surface area contributed by atoms with Gasteiger partial charge < -0.3 is 19.3 Å². The fourth-order valence-corrected chi connectivity index (χ4v) is 3.54. The lowest BCUT2D eigenvalue weighted by atomic mass is 10.2. The number of rotatable bonds is 7. The molecule has 164 valence electrons. The van der Waals surface area contributed by atoms with Crippen molar-refractivity contribution in [1.29, 1.82) is 0 Å². The van der Waals surface area contributed by atoms with Crippen molar-refractivity contribution in [1.82, 2.24) is 15.0 Å². The molecule has 0 atom stereocenters. The van der Waals surface area contributed by atoms with Crippen LogP contribution in [0.3, 0.4) is 0 Å². The molecule has 3 heterocycles. The minimum Gasteiger partial charge on any atom is -0.490 e. The van der Waals surface area contributed by atoms with Gasteiger partial charge in [0.1, 0.15) is 0 Å². The van der Waals surface area contributed by atoms with Crippen LogP contribution in [0.1, 0.15) is 18.4 Å². The van der Waals surface area contributed by atoms with Crippen LogP contribution in [0.2, 0.25) is 0 Å². The van der Waals surface area contributed by atoms with E-state index >= 15 is 0 Å². The zero-order chi connectivity index (χ0) is 21.6. The predicted octanol–water partition coefficient (Wildman–Crippen LogP) is 1.67. The maximum Gasteiger partial charge on any atom is 0.311 e. The van der Waals surface area contributed by atoms with Gasteiger partial charge in [0.25, 0.3) is 0 Å². The molecule has 2 aromatic rings. The number of hydrazone groups is 1. The van der Waals surface area contributed by atoms with Crippen LogP contribution >= 0.6 is 0 Å². The Bertz CT molecular complexity index is 958. The van der Waals surface area contributed by atoms with Crippen molar-refractivity contribution in [3.63, 3.8) is 0 Å². The maximum absolute atomic E-state index is 11.2. The van der Waals surface area contributed by atoms with Crippen molar-refractivity contribution in [3.05, 3.63) is 33.9 Å². The average Bonchev–Trinajstić information content (AvgIpc) is 3.34. The van der Waals surface area contributed by atoms with E-state index in [9.17, 15) is 10.1 Å². The second kappa shape index (κ2) is 9.51. The summed E-state index contributed by atoms with van der Waals surface area (Å²) in [6.45, 7) is 4.46. The second-order valence-corrected chi connectivity index (χ2v) is 7.08. The van der Waals surface area contributed by atoms with Gasteiger partial charge in [-0.25, -0.2) is 5.43 Å². The molecule has 1 aromatic carbocycles. The van der Waals surface area contributed by atoms with Crippen LogP contribution in [-0.2, 0) is 4.74 Å². The fraction of sp³-hybridized carbons (Fsp3) is 0.474. The number of nitrogens with one attached hydrogen (secondary N) is 1. The van der Waals surface area contributed by atoms with Crippen molar-refractivity contribution < 1.29 is 14.4 Å². The third-order valence-electron chi connectivity index (χ3n) is 5.09. The van der Waals surface area contributed by atoms with Crippen molar-refractivity contribution in [2.75, 3.05) is 61.7 Å². The molecule has 0 bridgehead atoms. The van der Waals surface area contributed by atoms with Gasteiger partial charge >= 0.3 is 5.69 Å². The van der Waals surface area contributed by atoms with Gasteiger partial charge in [-0.1, -0.05) is 6.07 Å². The molecule has 2 aliphatic rings. The third-order valence-corrected chi connectivity index (χ3v) is 5.09. The highest BCUT2D eigenvalue weighted by molar-refractivity contribution is 5.86. The molecular weight excluding hydrogens is 404 g/mol. The lowest BCUT2D eigenvalue weighted by molar-refractivity contribution is -0.385. The lowest BCUT2D eigenvalue weighted by Crippen LogP contribution is -2.38. The highest BCUT2D eigenvalue weighted by Crippen LogP contribution is 2.29. The van der Waals surface area contributed by atoms with E-state index in [0.717, 1.165) is 25.9 Å². The topological polar surface area (TPSA) is 131 Å². The minimum absolute atomic E-state index is 0.127. The van der Waals surface area contributed by atoms with Crippen LogP contribution < -0.4 is 20.0 Å². The number of aromatic nitrogens is 3. The summed E-state index contributed by atoms with van der Waals surface area (Å²) in [5, 5.41) is 15.4. The first-order valence-corrected chi connectivity index (χ1v) is 10.1. The summed E-state index contributed by atoms with van der Waals surface area (Å²) < 4.78 is 10.6. The molecule has 0 radical (unpaired) electrons. The minimum atomic E-state index is -0.494. The standard InChI is InChI=1S/C19H24N8O4/c1-30-16-14(5-4-6-15(16)27(28)29)13-20-24-17-21-18(25-7-2-3-8-25)23-19(22-17)26-9-11-31-12-10-26/h4-6,13H,2-3,7-12H2,1H3,(H,21,22,23,24). The number of para-hydroxylation sites is 1. The number of hydrogen-bond donors (Lipinski definition) is 1. The van der Waals surface area contributed by atoms with Gasteiger partial charge in [-0.05, 0) is 18.9 Å². The van der Waals surface area contributed by atoms with E-state index in [1.54, 1.807) is 12.1 Å². The Hall–Kier alpha value is -3.54. The molecule has 4 rings (SSSR count). The molecule has 0 unspecified atom stereocenters. The molecular formula is C19H24N8O4. The van der Waals surface area contributed by atoms with Crippen LogP contribution in [0.5, 0.6) is 5.75 Å². The number of hydrogen-bond acceptors (Lipinski definition) is 11. The molecule has 2 fully saturated rings. The molecule has 1 aromatic heterocycles. The summed E-state index contributed by atoms with van der Waals surface area (Å²) in [4.78, 5) is 28.6. The number of nitrogens with zero attached hydrogens (tertiary/aromatic N) is 7. The molecule has 0 spiro atoms. The van der Waals surface area contributed by atoms with Gasteiger partial charge in [0, 0.05) is 37.8 Å². The maximum atomic E-state index is 11.2. The largest absolute Gasteiger partial charge is 0.490 e. The molecule has 12 nitrogen and oxygen atoms in total. The Morgan fingerprint density at radius 1 is 1.13 bits per heavy atom. The van der Waals surface area contributed by atoms with Gasteiger partial charge in [0.15, 0.2) is 0 Å². The van der Waals surface area contributed by atoms with Crippen LogP contribution in [0.15, 0.2) is 23.3 Å². The van der Waals surface area contributed by atoms with Gasteiger partial charge in [-0.3, -0.25) is 10.1 Å². The van der Waals surface area contributed by atoms with E-state index < -0.39 is 4.92 Å². The average molecular weight is 428 g/mol. The first-order chi connectivity index (χ1) is 15.2. The Labute approximate surface area is 179 Å². The lowest BCUT2D eigenvalue weighted by Gasteiger charge is -2.27. The highest BCUT2D eigenvalue weighted by Gasteiger charge is 2.21. The van der Waals surface area contributed by atoms with Crippen LogP contribution in [0.25, 0.3) is 0 Å². The summed E-state index contributed by atoms with van der Waals surface area (Å²) in [6.07, 6.45) is 3.65. The number of nitro benzene ring substituents is 1. The van der Waals surface area contributed by atoms with Crippen molar-refractivity contribution >= 4 is 29.7 Å². The molecule has 2 aliphatic heterocycles. The molecule has 12 heteroatoms. The van der Waals surface area contributed by atoms with E-state index in [0.29, 0.717) is 49.7 Å². The predicted molar refractivity (Wildman–Crippen MR) is 115 cm³/mol. The van der Waals surface area contributed by atoms with Crippen LogP contribution in [-0.4, -0.2) is 72.6 Å².